The zero-order chi connectivity index (χ0) is 11.8. The minimum absolute atomic E-state index is 0.0453. The molecule has 0 aromatic carbocycles. The van der Waals surface area contributed by atoms with Crippen molar-refractivity contribution in [2.75, 3.05) is 12.9 Å². The molecule has 0 aliphatic carbocycles. The predicted molar refractivity (Wildman–Crippen MR) is 56.3 cm³/mol. The predicted octanol–water partition coefficient (Wildman–Crippen LogP) is -0.134. The van der Waals surface area contributed by atoms with Crippen LogP contribution >= 0.6 is 11.8 Å². The molecular weight excluding hydrogens is 220 g/mol. The SMILES string of the molecule is COC(=O)CC(C)SCC(=O)NC(N)=O. The maximum atomic E-state index is 11.0. The largest absolute Gasteiger partial charge is 0.469 e. The van der Waals surface area contributed by atoms with Gasteiger partial charge in [-0.3, -0.25) is 14.9 Å². The van der Waals surface area contributed by atoms with Crippen molar-refractivity contribution >= 4 is 29.7 Å². The first-order valence-corrected chi connectivity index (χ1v) is 5.28. The normalized spacial score (nSPS) is 11.6. The number of carbonyl (C=O) groups excluding carboxylic acids is 3. The monoisotopic (exact) mass is 234 g/mol. The first kappa shape index (κ1) is 13.8. The van der Waals surface area contributed by atoms with Crippen LogP contribution in [0.4, 0.5) is 4.79 Å². The molecule has 0 heterocycles. The lowest BCUT2D eigenvalue weighted by Gasteiger charge is -2.08. The Labute approximate surface area is 91.9 Å². The summed E-state index contributed by atoms with van der Waals surface area (Å²) in [5.41, 5.74) is 4.75. The molecule has 86 valence electrons. The summed E-state index contributed by atoms with van der Waals surface area (Å²) in [6.45, 7) is 1.79. The zero-order valence-corrected chi connectivity index (χ0v) is 9.43. The molecule has 0 aromatic heterocycles. The fraction of sp³-hybridized carbons (Fsp3) is 0.625. The second kappa shape index (κ2) is 7.10. The summed E-state index contributed by atoms with van der Waals surface area (Å²) in [6, 6.07) is -0.874. The molecule has 0 radical (unpaired) electrons. The summed E-state index contributed by atoms with van der Waals surface area (Å²) >= 11 is 1.25. The lowest BCUT2D eigenvalue weighted by molar-refractivity contribution is -0.140. The standard InChI is InChI=1S/C8H14N2O4S/c1-5(3-7(12)14-2)15-4-6(11)10-8(9)13/h5H,3-4H2,1-2H3,(H3,9,10,11,13). The van der Waals surface area contributed by atoms with Crippen LogP contribution < -0.4 is 11.1 Å². The quantitative estimate of drug-likeness (QED) is 0.645. The van der Waals surface area contributed by atoms with Gasteiger partial charge < -0.3 is 10.5 Å². The Morgan fingerprint density at radius 2 is 2.07 bits per heavy atom. The van der Waals surface area contributed by atoms with E-state index in [-0.39, 0.29) is 23.4 Å². The van der Waals surface area contributed by atoms with Gasteiger partial charge in [0.25, 0.3) is 0 Å². The van der Waals surface area contributed by atoms with E-state index in [1.54, 1.807) is 6.92 Å². The number of imide groups is 1. The second-order valence-corrected chi connectivity index (χ2v) is 4.24. The van der Waals surface area contributed by atoms with Crippen molar-refractivity contribution in [3.05, 3.63) is 0 Å². The second-order valence-electron chi connectivity index (χ2n) is 2.81. The number of primary amides is 1. The summed E-state index contributed by atoms with van der Waals surface area (Å²) in [7, 11) is 1.31. The number of urea groups is 1. The number of hydrogen-bond donors (Lipinski definition) is 2. The van der Waals surface area contributed by atoms with E-state index in [0.29, 0.717) is 0 Å². The van der Waals surface area contributed by atoms with Crippen molar-refractivity contribution in [2.45, 2.75) is 18.6 Å². The lowest BCUT2D eigenvalue weighted by Crippen LogP contribution is -2.36. The number of nitrogens with one attached hydrogen (secondary N) is 1. The molecule has 0 spiro atoms. The minimum Gasteiger partial charge on any atom is -0.469 e. The van der Waals surface area contributed by atoms with Crippen LogP contribution in [0, 0.1) is 0 Å². The van der Waals surface area contributed by atoms with Gasteiger partial charge in [-0.1, -0.05) is 6.92 Å². The van der Waals surface area contributed by atoms with Crippen LogP contribution in [-0.4, -0.2) is 36.0 Å². The molecule has 0 aromatic rings. The van der Waals surface area contributed by atoms with Gasteiger partial charge in [0.1, 0.15) is 0 Å². The van der Waals surface area contributed by atoms with Crippen LogP contribution in [-0.2, 0) is 14.3 Å². The average Bonchev–Trinajstić information content (AvgIpc) is 2.13. The molecule has 0 rings (SSSR count). The van der Waals surface area contributed by atoms with Gasteiger partial charge in [0.05, 0.1) is 19.3 Å². The Kier molecular flexibility index (Phi) is 6.52. The molecule has 3 amide bonds. The van der Waals surface area contributed by atoms with Gasteiger partial charge in [-0.25, -0.2) is 4.79 Å². The smallest absolute Gasteiger partial charge is 0.318 e. The number of esters is 1. The third-order valence-corrected chi connectivity index (χ3v) is 2.61. The van der Waals surface area contributed by atoms with Gasteiger partial charge in [0, 0.05) is 5.25 Å². The van der Waals surface area contributed by atoms with E-state index in [0.717, 1.165) is 0 Å². The molecule has 1 unspecified atom stereocenters. The number of rotatable bonds is 5. The molecular formula is C8H14N2O4S. The van der Waals surface area contributed by atoms with Crippen LogP contribution in [0.2, 0.25) is 0 Å². The summed E-state index contributed by atoms with van der Waals surface area (Å²) in [4.78, 5) is 32.1. The van der Waals surface area contributed by atoms with Gasteiger partial charge in [-0.2, -0.15) is 0 Å². The van der Waals surface area contributed by atoms with Crippen molar-refractivity contribution < 1.29 is 19.1 Å². The van der Waals surface area contributed by atoms with Crippen molar-refractivity contribution in [2.24, 2.45) is 5.73 Å². The highest BCUT2D eigenvalue weighted by atomic mass is 32.2. The number of thioether (sulfide) groups is 1. The molecule has 7 heteroatoms. The number of nitrogens with two attached hydrogens (primary N) is 1. The maximum Gasteiger partial charge on any atom is 0.318 e. The highest BCUT2D eigenvalue weighted by Crippen LogP contribution is 2.13. The van der Waals surface area contributed by atoms with Crippen molar-refractivity contribution in [3.63, 3.8) is 0 Å². The summed E-state index contributed by atoms with van der Waals surface area (Å²) in [5.74, 6) is -0.712. The highest BCUT2D eigenvalue weighted by Gasteiger charge is 2.12. The molecule has 15 heavy (non-hydrogen) atoms. The number of carbonyl (C=O) groups is 3. The Balaban J connectivity index is 3.70. The lowest BCUT2D eigenvalue weighted by atomic mass is 10.3. The fourth-order valence-electron chi connectivity index (χ4n) is 0.768. The van der Waals surface area contributed by atoms with E-state index in [4.69, 9.17) is 5.73 Å². The molecule has 0 fully saturated rings. The van der Waals surface area contributed by atoms with E-state index in [1.807, 2.05) is 5.32 Å². The van der Waals surface area contributed by atoms with Crippen molar-refractivity contribution in [1.82, 2.24) is 5.32 Å². The number of methoxy groups -OCH3 is 1. The first-order valence-electron chi connectivity index (χ1n) is 4.23. The Morgan fingerprint density at radius 3 is 2.53 bits per heavy atom. The van der Waals surface area contributed by atoms with Crippen LogP contribution in [0.25, 0.3) is 0 Å². The summed E-state index contributed by atoms with van der Waals surface area (Å²) in [5, 5.41) is 1.88. The number of amides is 3. The number of ether oxygens (including phenoxy) is 1. The first-order chi connectivity index (χ1) is 6.95. The molecule has 3 N–H and O–H groups in total. The van der Waals surface area contributed by atoms with Gasteiger partial charge in [-0.15, -0.1) is 11.8 Å². The Bertz CT molecular complexity index is 257. The third-order valence-electron chi connectivity index (χ3n) is 1.44. The van der Waals surface area contributed by atoms with Crippen LogP contribution in [0.15, 0.2) is 0 Å². The van der Waals surface area contributed by atoms with E-state index in [9.17, 15) is 14.4 Å². The molecule has 0 saturated carbocycles. The Morgan fingerprint density at radius 1 is 1.47 bits per heavy atom. The summed E-state index contributed by atoms with van der Waals surface area (Å²) < 4.78 is 4.47. The molecule has 0 saturated heterocycles. The average molecular weight is 234 g/mol. The van der Waals surface area contributed by atoms with Crippen molar-refractivity contribution in [1.29, 1.82) is 0 Å². The van der Waals surface area contributed by atoms with E-state index >= 15 is 0 Å². The van der Waals surface area contributed by atoms with Crippen LogP contribution in [0.5, 0.6) is 0 Å². The van der Waals surface area contributed by atoms with Gasteiger partial charge in [0.15, 0.2) is 0 Å². The van der Waals surface area contributed by atoms with Gasteiger partial charge >= 0.3 is 12.0 Å². The highest BCUT2D eigenvalue weighted by molar-refractivity contribution is 8.00. The van der Waals surface area contributed by atoms with Crippen LogP contribution in [0.3, 0.4) is 0 Å². The topological polar surface area (TPSA) is 98.5 Å². The minimum atomic E-state index is -0.874. The zero-order valence-electron chi connectivity index (χ0n) is 8.61. The molecule has 0 aliphatic heterocycles. The van der Waals surface area contributed by atoms with Crippen molar-refractivity contribution in [3.8, 4) is 0 Å². The Hall–Kier alpha value is -1.24. The van der Waals surface area contributed by atoms with E-state index in [1.165, 1.54) is 18.9 Å². The van der Waals surface area contributed by atoms with E-state index < -0.39 is 11.9 Å². The molecule has 6 nitrogen and oxygen atoms in total. The van der Waals surface area contributed by atoms with Gasteiger partial charge in [-0.05, 0) is 0 Å². The fourth-order valence-corrected chi connectivity index (χ4v) is 1.53. The van der Waals surface area contributed by atoms with E-state index in [2.05, 4.69) is 4.74 Å². The van der Waals surface area contributed by atoms with Crippen LogP contribution in [0.1, 0.15) is 13.3 Å². The number of hydrogen-bond acceptors (Lipinski definition) is 5. The molecule has 0 aliphatic rings. The summed E-state index contributed by atoms with van der Waals surface area (Å²) in [6.07, 6.45) is 0.227. The third kappa shape index (κ3) is 7.80. The van der Waals surface area contributed by atoms with Gasteiger partial charge in [0.2, 0.25) is 5.91 Å². The molecule has 0 bridgehead atoms. The molecule has 1 atom stereocenters. The maximum absolute atomic E-state index is 11.0.